The van der Waals surface area contributed by atoms with Crippen LogP contribution in [-0.2, 0) is 19.7 Å². The number of rotatable bonds is 6. The largest absolute Gasteiger partial charge is 0.494 e. The highest BCUT2D eigenvalue weighted by molar-refractivity contribution is 7.89. The third kappa shape index (κ3) is 4.84. The smallest absolute Gasteiger partial charge is 0.265 e. The molecule has 0 spiro atoms. The summed E-state index contributed by atoms with van der Waals surface area (Å²) < 4.78 is 32.5. The minimum absolute atomic E-state index is 0.0880. The van der Waals surface area contributed by atoms with Crippen LogP contribution >= 0.6 is 0 Å². The molecule has 29 heavy (non-hydrogen) atoms. The molecule has 1 aliphatic heterocycles. The molecular weight excluding hydrogens is 392 g/mol. The molecule has 1 N–H and O–H groups in total. The summed E-state index contributed by atoms with van der Waals surface area (Å²) in [7, 11) is -3.86. The number of carbonyl (C=O) groups is 1. The van der Waals surface area contributed by atoms with Gasteiger partial charge in [0, 0.05) is 12.6 Å². The van der Waals surface area contributed by atoms with Crippen molar-refractivity contribution in [1.82, 2.24) is 4.47 Å². The van der Waals surface area contributed by atoms with E-state index in [-0.39, 0.29) is 17.3 Å². The van der Waals surface area contributed by atoms with Crippen LogP contribution < -0.4 is 10.1 Å². The van der Waals surface area contributed by atoms with Crippen LogP contribution in [0.25, 0.3) is 0 Å². The number of hydrogen-bond acceptors (Lipinski definition) is 5. The van der Waals surface area contributed by atoms with Gasteiger partial charge >= 0.3 is 0 Å². The van der Waals surface area contributed by atoms with Crippen molar-refractivity contribution in [3.05, 3.63) is 65.7 Å². The van der Waals surface area contributed by atoms with Gasteiger partial charge in [0.2, 0.25) is 5.91 Å². The van der Waals surface area contributed by atoms with Gasteiger partial charge in [0.1, 0.15) is 11.9 Å². The quantitative estimate of drug-likeness (QED) is 0.727. The first-order valence-electron chi connectivity index (χ1n) is 9.28. The molecule has 7 nitrogen and oxygen atoms in total. The van der Waals surface area contributed by atoms with E-state index in [0.717, 1.165) is 21.4 Å². The van der Waals surface area contributed by atoms with Crippen LogP contribution in [0.1, 0.15) is 32.4 Å². The fourth-order valence-electron chi connectivity index (χ4n) is 2.98. The summed E-state index contributed by atoms with van der Waals surface area (Å²) in [5, 5.41) is 2.61. The van der Waals surface area contributed by atoms with E-state index in [2.05, 4.69) is 5.32 Å². The van der Waals surface area contributed by atoms with E-state index in [1.54, 1.807) is 12.1 Å². The fourth-order valence-corrected chi connectivity index (χ4v) is 4.17. The number of hydroxylamine groups is 1. The summed E-state index contributed by atoms with van der Waals surface area (Å²) in [6.07, 6.45) is 1.33. The van der Waals surface area contributed by atoms with Crippen LogP contribution in [0.5, 0.6) is 5.75 Å². The summed E-state index contributed by atoms with van der Waals surface area (Å²) in [5.74, 6) is 0.524. The Balaban J connectivity index is 1.81. The van der Waals surface area contributed by atoms with Crippen molar-refractivity contribution in [3.8, 4) is 5.75 Å². The highest BCUT2D eigenvalue weighted by atomic mass is 32.2. The first kappa shape index (κ1) is 21.0. The molecule has 1 aliphatic rings. The zero-order chi connectivity index (χ0) is 21.0. The van der Waals surface area contributed by atoms with Crippen LogP contribution in [0.3, 0.4) is 0 Å². The Morgan fingerprint density at radius 1 is 1.17 bits per heavy atom. The Hall–Kier alpha value is -2.68. The number of benzene rings is 2. The van der Waals surface area contributed by atoms with Crippen LogP contribution in [0.15, 0.2) is 65.1 Å². The minimum atomic E-state index is -3.86. The van der Waals surface area contributed by atoms with Gasteiger partial charge in [-0.25, -0.2) is 8.42 Å². The van der Waals surface area contributed by atoms with E-state index in [9.17, 15) is 13.2 Å². The molecule has 2 aromatic rings. The molecule has 8 heteroatoms. The number of carbonyl (C=O) groups excluding carboxylic acids is 1. The van der Waals surface area contributed by atoms with Crippen molar-refractivity contribution in [1.29, 1.82) is 0 Å². The number of amides is 1. The van der Waals surface area contributed by atoms with E-state index in [1.807, 2.05) is 44.2 Å². The van der Waals surface area contributed by atoms with Gasteiger partial charge in [-0.2, -0.15) is 0 Å². The van der Waals surface area contributed by atoms with E-state index in [0.29, 0.717) is 12.3 Å². The molecule has 0 aliphatic carbocycles. The fraction of sp³-hybridized carbons (Fsp3) is 0.286. The van der Waals surface area contributed by atoms with Crippen molar-refractivity contribution < 1.29 is 22.8 Å². The second-order valence-electron chi connectivity index (χ2n) is 6.63. The molecule has 0 aromatic heterocycles. The van der Waals surface area contributed by atoms with E-state index >= 15 is 0 Å². The molecule has 154 valence electrons. The standard InChI is InChI=1S/C21H24N2O5S/c1-4-27-19-9-5-17(6-10-19)21-15(2)13-14-23(28-21)29(25,26)20-11-7-18(8-12-20)22-16(3)24/h5-13,21H,4,14H2,1-3H3,(H,22,24). The Labute approximate surface area is 170 Å². The van der Waals surface area contributed by atoms with E-state index in [4.69, 9.17) is 9.57 Å². The van der Waals surface area contributed by atoms with Gasteiger partial charge in [0.05, 0.1) is 18.0 Å². The Morgan fingerprint density at radius 2 is 1.83 bits per heavy atom. The van der Waals surface area contributed by atoms with Crippen molar-refractivity contribution in [2.45, 2.75) is 31.8 Å². The van der Waals surface area contributed by atoms with Gasteiger partial charge in [-0.1, -0.05) is 22.7 Å². The molecule has 2 aromatic carbocycles. The highest BCUT2D eigenvalue weighted by Crippen LogP contribution is 2.33. The molecule has 0 saturated heterocycles. The summed E-state index contributed by atoms with van der Waals surface area (Å²) in [4.78, 5) is 17.1. The molecule has 0 saturated carbocycles. The Bertz CT molecular complexity index is 998. The Kier molecular flexibility index (Phi) is 6.36. The lowest BCUT2D eigenvalue weighted by Crippen LogP contribution is -2.36. The maximum atomic E-state index is 13.0. The number of nitrogens with one attached hydrogen (secondary N) is 1. The van der Waals surface area contributed by atoms with E-state index in [1.165, 1.54) is 19.1 Å². The predicted molar refractivity (Wildman–Crippen MR) is 110 cm³/mol. The average Bonchev–Trinajstić information content (AvgIpc) is 2.69. The van der Waals surface area contributed by atoms with Gasteiger partial charge < -0.3 is 10.1 Å². The SMILES string of the molecule is CCOc1ccc(C2ON(S(=O)(=O)c3ccc(NC(C)=O)cc3)CC=C2C)cc1. The van der Waals surface area contributed by atoms with Crippen molar-refractivity contribution >= 4 is 21.6 Å². The third-order valence-electron chi connectivity index (χ3n) is 4.43. The second kappa shape index (κ2) is 8.77. The number of ether oxygens (including phenoxy) is 1. The topological polar surface area (TPSA) is 84.9 Å². The Morgan fingerprint density at radius 3 is 2.41 bits per heavy atom. The van der Waals surface area contributed by atoms with E-state index < -0.39 is 16.1 Å². The lowest BCUT2D eigenvalue weighted by molar-refractivity contribution is -0.123. The van der Waals surface area contributed by atoms with Crippen molar-refractivity contribution in [2.24, 2.45) is 0 Å². The molecule has 0 bridgehead atoms. The lowest BCUT2D eigenvalue weighted by atomic mass is 10.0. The molecule has 3 rings (SSSR count). The summed E-state index contributed by atoms with van der Waals surface area (Å²) in [6.45, 7) is 5.91. The predicted octanol–water partition coefficient (Wildman–Crippen LogP) is 3.67. The number of hydrogen-bond donors (Lipinski definition) is 1. The molecule has 0 radical (unpaired) electrons. The van der Waals surface area contributed by atoms with Crippen molar-refractivity contribution in [3.63, 3.8) is 0 Å². The summed E-state index contributed by atoms with van der Waals surface area (Å²) in [5.41, 5.74) is 2.30. The van der Waals surface area contributed by atoms with Crippen LogP contribution in [0, 0.1) is 0 Å². The molecule has 1 unspecified atom stereocenters. The van der Waals surface area contributed by atoms with Crippen molar-refractivity contribution in [2.75, 3.05) is 18.5 Å². The number of sulfonamides is 1. The summed E-state index contributed by atoms with van der Waals surface area (Å²) in [6, 6.07) is 13.4. The molecule has 1 amide bonds. The zero-order valence-electron chi connectivity index (χ0n) is 16.6. The van der Waals surface area contributed by atoms with Gasteiger partial charge in [-0.15, -0.1) is 0 Å². The third-order valence-corrected chi connectivity index (χ3v) is 6.07. The second-order valence-corrected chi connectivity index (χ2v) is 8.46. The average molecular weight is 416 g/mol. The molecule has 1 atom stereocenters. The van der Waals surface area contributed by atoms with Crippen LogP contribution in [0.2, 0.25) is 0 Å². The molecular formula is C21H24N2O5S. The first-order chi connectivity index (χ1) is 13.8. The van der Waals surface area contributed by atoms with Gasteiger partial charge in [0.25, 0.3) is 10.0 Å². The highest BCUT2D eigenvalue weighted by Gasteiger charge is 2.32. The van der Waals surface area contributed by atoms with Gasteiger partial charge in [-0.3, -0.25) is 9.63 Å². The number of nitrogens with zero attached hydrogens (tertiary/aromatic N) is 1. The summed E-state index contributed by atoms with van der Waals surface area (Å²) >= 11 is 0. The molecule has 1 heterocycles. The van der Waals surface area contributed by atoms with Gasteiger partial charge in [0.15, 0.2) is 0 Å². The lowest BCUT2D eigenvalue weighted by Gasteiger charge is -2.31. The van der Waals surface area contributed by atoms with Crippen LogP contribution in [0.4, 0.5) is 5.69 Å². The van der Waals surface area contributed by atoms with Crippen LogP contribution in [-0.4, -0.2) is 31.9 Å². The molecule has 0 fully saturated rings. The normalized spacial score (nSPS) is 17.5. The number of anilines is 1. The zero-order valence-corrected chi connectivity index (χ0v) is 17.4. The maximum absolute atomic E-state index is 13.0. The maximum Gasteiger partial charge on any atom is 0.265 e. The monoisotopic (exact) mass is 416 g/mol. The van der Waals surface area contributed by atoms with Gasteiger partial charge in [-0.05, 0) is 61.4 Å². The first-order valence-corrected chi connectivity index (χ1v) is 10.7. The minimum Gasteiger partial charge on any atom is -0.494 e.